The second-order valence-corrected chi connectivity index (χ2v) is 56.1. The first-order chi connectivity index (χ1) is 22.5. The summed E-state index contributed by atoms with van der Waals surface area (Å²) in [5, 5.41) is 0. The van der Waals surface area contributed by atoms with Crippen LogP contribution in [0.2, 0.25) is 0 Å². The summed E-state index contributed by atoms with van der Waals surface area (Å²) in [4.78, 5) is 0. The summed E-state index contributed by atoms with van der Waals surface area (Å²) >= 11 is -97.4. The maximum absolute atomic E-state index is 12.8. The van der Waals surface area contributed by atoms with E-state index in [0.29, 0.717) is 0 Å². The molecular weight excluding hydrogens is 1960 g/mol. The first kappa shape index (κ1) is 60.6. The van der Waals surface area contributed by atoms with Crippen molar-refractivity contribution in [2.45, 2.75) is 0 Å². The SMILES string of the molecule is O=P([O][Mo](=[O])(=[O])[O][Mo](=[O])(=[O])[O][Mo](=[O])(=[O])[O][Mo](=[O])(=[O])[OH])([O][Mo](=[O])(=[O])[O][Mo](=[O])(=[O])[O][Mo](=[O])(=[O])[O][Mo](=[O])(=[O])[OH])[O][Mo](=[O])(=[O])[O][Mo](=[O])(=[O])[O][Mo](=[O])(=[O])[O][Mo](=[O])(=[O])[OH].[Ce+3]. The van der Waals surface area contributed by atoms with Crippen molar-refractivity contribution in [1.29, 1.82) is 0 Å². The summed E-state index contributed by atoms with van der Waals surface area (Å²) in [6.45, 7) is 0. The van der Waals surface area contributed by atoms with Crippen LogP contribution in [0.3, 0.4) is 0 Å². The molecule has 0 bridgehead atoms. The first-order valence-electron chi connectivity index (χ1n) is 8.78. The van der Waals surface area contributed by atoms with Gasteiger partial charge in [0.05, 0.1) is 0 Å². The Labute approximate surface area is 367 Å². The van der Waals surface area contributed by atoms with Crippen LogP contribution in [0.1, 0.15) is 0 Å². The number of rotatable bonds is 24. The van der Waals surface area contributed by atoms with E-state index in [0.717, 1.165) is 0 Å². The normalized spacial score (nSPS) is 15.3. The summed E-state index contributed by atoms with van der Waals surface area (Å²) in [5.41, 5.74) is 0. The van der Waals surface area contributed by atoms with E-state index in [1.165, 1.54) is 0 Å². The molecular formula is H3CeMo12O40P+3. The molecule has 0 fully saturated rings. The van der Waals surface area contributed by atoms with E-state index in [1.54, 1.807) is 0 Å². The molecule has 0 aromatic heterocycles. The van der Waals surface area contributed by atoms with Gasteiger partial charge in [-0.1, -0.05) is 0 Å². The van der Waals surface area contributed by atoms with Crippen molar-refractivity contribution in [2.75, 3.05) is 0 Å². The topological polar surface area (TPSA) is 598 Å². The molecule has 0 aromatic rings. The molecule has 321 valence electrons. The molecule has 54 heavy (non-hydrogen) atoms. The van der Waals surface area contributed by atoms with Gasteiger partial charge in [0.1, 0.15) is 0 Å². The maximum Gasteiger partial charge on any atom is 3.00 e. The third kappa shape index (κ3) is 29.7. The van der Waals surface area contributed by atoms with Crippen LogP contribution >= 0.6 is 7.82 Å². The van der Waals surface area contributed by atoms with E-state index in [4.69, 9.17) is 11.3 Å². The Kier molecular flexibility index (Phi) is 23.0. The van der Waals surface area contributed by atoms with Crippen LogP contribution in [0.5, 0.6) is 0 Å². The zero-order valence-corrected chi connectivity index (χ0v) is 50.4. The molecule has 0 aliphatic heterocycles. The van der Waals surface area contributed by atoms with Crippen LogP contribution in [-0.2, 0) is 315 Å². The standard InChI is InChI=1S/Ce.12Mo.H3O4P.3H2O.33O/c;;;;;;;;;;;;;1-5(2,3)4;;;;;;;;;;;;;;;;;;;;;;;;;;;;;;;;;;;;/h;;;;;;;;;;;;;(H3,1,2,3,4);3*1H2;;;;;;;;;;;;;;;;;;;;;;;;;;;;;;;;;/q+3;;;;;;;6*+1;;;;;;;;;;;;;;;;;;;;;;;;;;;;;;;;;;;;;/p-6. The zero-order valence-electron chi connectivity index (χ0n) is 22.3. The molecule has 0 aromatic carbocycles. The van der Waals surface area contributed by atoms with E-state index in [9.17, 15) is 86.1 Å². The van der Waals surface area contributed by atoms with Crippen LogP contribution in [0.4, 0.5) is 0 Å². The summed E-state index contributed by atoms with van der Waals surface area (Å²) in [7, 11) is -7.91. The summed E-state index contributed by atoms with van der Waals surface area (Å²) < 4.78 is 347. The van der Waals surface area contributed by atoms with Gasteiger partial charge in [0.25, 0.3) is 0 Å². The van der Waals surface area contributed by atoms with Crippen molar-refractivity contribution < 1.29 is 368 Å². The second kappa shape index (κ2) is 20.5. The fourth-order valence-corrected chi connectivity index (χ4v) is 60.4. The predicted octanol–water partition coefficient (Wildman–Crippen LogP) is -4.63. The first-order valence-corrected chi connectivity index (χ1v) is 49.8. The molecule has 0 aliphatic rings. The van der Waals surface area contributed by atoms with Gasteiger partial charge in [-0.05, 0) is 0 Å². The average Bonchev–Trinajstić information content (AvgIpc) is 2.58. The Morgan fingerprint density at radius 2 is 0.389 bits per heavy atom. The van der Waals surface area contributed by atoms with E-state index in [-0.39, 0.29) is 41.7 Å². The molecule has 40 nitrogen and oxygen atoms in total. The molecule has 0 rings (SSSR count). The van der Waals surface area contributed by atoms with Crippen molar-refractivity contribution in [3.8, 4) is 0 Å². The van der Waals surface area contributed by atoms with Gasteiger partial charge < -0.3 is 0 Å². The third-order valence-corrected chi connectivity index (χ3v) is 62.5. The summed E-state index contributed by atoms with van der Waals surface area (Å²) in [5.74, 6) is 0. The van der Waals surface area contributed by atoms with Gasteiger partial charge in [-0.15, -0.1) is 0 Å². The monoisotopic (exact) mass is 1990 g/mol. The van der Waals surface area contributed by atoms with Crippen molar-refractivity contribution >= 4 is 7.82 Å². The molecule has 0 heterocycles. The van der Waals surface area contributed by atoms with Gasteiger partial charge in [0.2, 0.25) is 0 Å². The average molecular weight is 1970 g/mol. The van der Waals surface area contributed by atoms with E-state index in [2.05, 4.69) is 27.9 Å². The Balaban J connectivity index is 0. The van der Waals surface area contributed by atoms with E-state index < -0.39 is 209 Å². The quantitative estimate of drug-likeness (QED) is 0.0604. The Bertz CT molecular complexity index is 2510. The molecule has 1 radical (unpaired) electrons. The molecule has 54 heteroatoms. The Morgan fingerprint density at radius 1 is 0.259 bits per heavy atom. The largest absolute Gasteiger partial charge is 3.00 e. The van der Waals surface area contributed by atoms with E-state index >= 15 is 0 Å². The van der Waals surface area contributed by atoms with Gasteiger partial charge >= 0.3 is 376 Å². The zero-order chi connectivity index (χ0) is 43.0. The van der Waals surface area contributed by atoms with Crippen molar-refractivity contribution in [2.24, 2.45) is 0 Å². The van der Waals surface area contributed by atoms with E-state index in [1.807, 2.05) is 0 Å². The molecule has 0 saturated heterocycles. The number of phosphoric acid groups is 1. The van der Waals surface area contributed by atoms with Crippen LogP contribution in [0, 0.1) is 41.7 Å². The fraction of sp³-hybridized carbons (Fsp3) is 0. The van der Waals surface area contributed by atoms with Crippen LogP contribution < -0.4 is 0 Å². The van der Waals surface area contributed by atoms with Gasteiger partial charge in [0.15, 0.2) is 0 Å². The maximum atomic E-state index is 12.8. The summed E-state index contributed by atoms with van der Waals surface area (Å²) in [6, 6.07) is 0. The fourth-order valence-electron chi connectivity index (χ4n) is 1.41. The molecule has 0 amide bonds. The second-order valence-electron chi connectivity index (χ2n) is 6.24. The molecule has 0 spiro atoms. The van der Waals surface area contributed by atoms with Crippen molar-refractivity contribution in [1.82, 2.24) is 0 Å². The van der Waals surface area contributed by atoms with Crippen LogP contribution in [0.15, 0.2) is 0 Å². The van der Waals surface area contributed by atoms with Crippen LogP contribution in [-0.4, -0.2) is 11.3 Å². The molecule has 0 saturated carbocycles. The van der Waals surface area contributed by atoms with Crippen LogP contribution in [0.25, 0.3) is 0 Å². The molecule has 0 aliphatic carbocycles. The molecule has 0 unspecified atom stereocenters. The third-order valence-electron chi connectivity index (χ3n) is 2.06. The van der Waals surface area contributed by atoms with Gasteiger partial charge in [-0.3, -0.25) is 0 Å². The van der Waals surface area contributed by atoms with Gasteiger partial charge in [-0.25, -0.2) is 0 Å². The van der Waals surface area contributed by atoms with Gasteiger partial charge in [-0.2, -0.15) is 0 Å². The smallest absolute Gasteiger partial charge is 3.00 e. The molecule has 0 atom stereocenters. The minimum Gasteiger partial charge on any atom is 3.00 e. The Hall–Kier alpha value is 4.47. The minimum atomic E-state index is -8.79. The van der Waals surface area contributed by atoms with Crippen molar-refractivity contribution in [3.63, 3.8) is 0 Å². The molecule has 3 N–H and O–H groups in total. The number of hydrogen-bond donors (Lipinski definition) is 3. The minimum absolute atomic E-state index is 0. The predicted molar refractivity (Wildman–Crippen MR) is 43.8 cm³/mol. The Morgan fingerprint density at radius 3 is 0.537 bits per heavy atom. The summed E-state index contributed by atoms with van der Waals surface area (Å²) in [6.07, 6.45) is 0. The van der Waals surface area contributed by atoms with Crippen molar-refractivity contribution in [3.05, 3.63) is 0 Å². The number of hydrogen-bond acceptors (Lipinski definition) is 37. The van der Waals surface area contributed by atoms with Gasteiger partial charge in [0, 0.05) is 0 Å².